The van der Waals surface area contributed by atoms with E-state index in [9.17, 15) is 19.8 Å². The molecule has 1 aromatic rings. The van der Waals surface area contributed by atoms with Crippen molar-refractivity contribution in [3.05, 3.63) is 23.4 Å². The van der Waals surface area contributed by atoms with Crippen LogP contribution in [0.4, 0.5) is 5.82 Å². The van der Waals surface area contributed by atoms with E-state index >= 15 is 0 Å². The Labute approximate surface area is 108 Å². The predicted octanol–water partition coefficient (Wildman–Crippen LogP) is -0.681. The summed E-state index contributed by atoms with van der Waals surface area (Å²) in [7, 11) is 0. The number of esters is 1. The molecule has 19 heavy (non-hydrogen) atoms. The fourth-order valence-corrected chi connectivity index (χ4v) is 1.36. The highest BCUT2D eigenvalue weighted by atomic mass is 16.5. The van der Waals surface area contributed by atoms with Gasteiger partial charge in [-0.3, -0.25) is 0 Å². The lowest BCUT2D eigenvalue weighted by atomic mass is 10.0. The lowest BCUT2D eigenvalue weighted by Gasteiger charge is -2.17. The number of carbonyl (C=O) groups excluding carboxylic acids is 1. The standard InChI is InChI=1S/C11H14N2O6/c1-2-19-11(18)8(15)7(14)5-3-6(10(16)17)9(12)13-4-5/h3-4,7-8,14-15H,2H2,1H3,(H2,12,13)(H,16,17). The minimum Gasteiger partial charge on any atom is -0.478 e. The molecule has 0 aliphatic heterocycles. The van der Waals surface area contributed by atoms with Crippen molar-refractivity contribution in [3.8, 4) is 0 Å². The van der Waals surface area contributed by atoms with E-state index in [-0.39, 0.29) is 23.6 Å². The molecule has 0 fully saturated rings. The molecule has 5 N–H and O–H groups in total. The van der Waals surface area contributed by atoms with Crippen LogP contribution in [0.2, 0.25) is 0 Å². The monoisotopic (exact) mass is 270 g/mol. The predicted molar refractivity (Wildman–Crippen MR) is 63.2 cm³/mol. The maximum Gasteiger partial charge on any atom is 0.339 e. The third-order valence-electron chi connectivity index (χ3n) is 2.34. The fourth-order valence-electron chi connectivity index (χ4n) is 1.36. The van der Waals surface area contributed by atoms with E-state index in [1.165, 1.54) is 0 Å². The third kappa shape index (κ3) is 3.39. The molecule has 0 amide bonds. The van der Waals surface area contributed by atoms with Crippen molar-refractivity contribution in [1.82, 2.24) is 4.98 Å². The van der Waals surface area contributed by atoms with Gasteiger partial charge in [0.15, 0.2) is 6.10 Å². The van der Waals surface area contributed by atoms with Gasteiger partial charge in [-0.25, -0.2) is 14.6 Å². The number of rotatable bonds is 5. The molecule has 2 atom stereocenters. The molecule has 0 saturated carbocycles. The molecule has 0 aliphatic rings. The first kappa shape index (κ1) is 14.9. The van der Waals surface area contributed by atoms with E-state index in [0.29, 0.717) is 0 Å². The van der Waals surface area contributed by atoms with E-state index in [1.54, 1.807) is 6.92 Å². The number of aliphatic hydroxyl groups is 2. The number of pyridine rings is 1. The van der Waals surface area contributed by atoms with Crippen molar-refractivity contribution >= 4 is 17.8 Å². The zero-order valence-electron chi connectivity index (χ0n) is 10.1. The summed E-state index contributed by atoms with van der Waals surface area (Å²) in [6, 6.07) is 1.04. The molecule has 0 saturated heterocycles. The van der Waals surface area contributed by atoms with Crippen LogP contribution < -0.4 is 5.73 Å². The van der Waals surface area contributed by atoms with Gasteiger partial charge in [0.2, 0.25) is 0 Å². The number of carboxylic acids is 1. The molecule has 1 heterocycles. The van der Waals surface area contributed by atoms with Gasteiger partial charge in [0.25, 0.3) is 0 Å². The molecule has 8 nitrogen and oxygen atoms in total. The molecule has 0 radical (unpaired) electrons. The molecule has 1 rings (SSSR count). The summed E-state index contributed by atoms with van der Waals surface area (Å²) >= 11 is 0. The van der Waals surface area contributed by atoms with Crippen molar-refractivity contribution in [3.63, 3.8) is 0 Å². The van der Waals surface area contributed by atoms with Crippen molar-refractivity contribution < 1.29 is 29.6 Å². The number of nitrogen functional groups attached to an aromatic ring is 1. The number of carboxylic acid groups (broad SMARTS) is 1. The lowest BCUT2D eigenvalue weighted by molar-refractivity contribution is -0.159. The van der Waals surface area contributed by atoms with Crippen LogP contribution in [0.5, 0.6) is 0 Å². The van der Waals surface area contributed by atoms with E-state index in [2.05, 4.69) is 9.72 Å². The Kier molecular flexibility index (Phi) is 4.79. The average molecular weight is 270 g/mol. The number of hydrogen-bond donors (Lipinski definition) is 4. The molecule has 8 heteroatoms. The topological polar surface area (TPSA) is 143 Å². The molecule has 0 spiro atoms. The van der Waals surface area contributed by atoms with Crippen LogP contribution in [0, 0.1) is 0 Å². The van der Waals surface area contributed by atoms with Gasteiger partial charge in [-0.1, -0.05) is 0 Å². The molecule has 0 bridgehead atoms. The largest absolute Gasteiger partial charge is 0.478 e. The van der Waals surface area contributed by atoms with E-state index < -0.39 is 24.1 Å². The summed E-state index contributed by atoms with van der Waals surface area (Å²) in [5, 5.41) is 28.1. The maximum absolute atomic E-state index is 11.2. The first-order valence-corrected chi connectivity index (χ1v) is 5.40. The quantitative estimate of drug-likeness (QED) is 0.515. The van der Waals surface area contributed by atoms with E-state index in [0.717, 1.165) is 12.3 Å². The van der Waals surface area contributed by atoms with Gasteiger partial charge in [0.1, 0.15) is 17.5 Å². The van der Waals surface area contributed by atoms with Gasteiger partial charge >= 0.3 is 11.9 Å². The highest BCUT2D eigenvalue weighted by molar-refractivity contribution is 5.92. The summed E-state index contributed by atoms with van der Waals surface area (Å²) in [6.45, 7) is 1.59. The number of carbonyl (C=O) groups is 2. The summed E-state index contributed by atoms with van der Waals surface area (Å²) in [5.41, 5.74) is 4.97. The van der Waals surface area contributed by atoms with Crippen LogP contribution >= 0.6 is 0 Å². The molecular formula is C11H14N2O6. The van der Waals surface area contributed by atoms with Crippen LogP contribution in [0.1, 0.15) is 28.9 Å². The Morgan fingerprint density at radius 2 is 2.11 bits per heavy atom. The number of aromatic carboxylic acids is 1. The van der Waals surface area contributed by atoms with Gasteiger partial charge in [0, 0.05) is 11.8 Å². The van der Waals surface area contributed by atoms with Crippen LogP contribution in [0.15, 0.2) is 12.3 Å². The second kappa shape index (κ2) is 6.12. The van der Waals surface area contributed by atoms with Crippen molar-refractivity contribution in [2.45, 2.75) is 19.1 Å². The molecule has 104 valence electrons. The van der Waals surface area contributed by atoms with E-state index in [1.807, 2.05) is 0 Å². The Morgan fingerprint density at radius 1 is 1.47 bits per heavy atom. The normalized spacial score (nSPS) is 13.6. The lowest BCUT2D eigenvalue weighted by Crippen LogP contribution is -2.30. The van der Waals surface area contributed by atoms with Crippen LogP contribution in [-0.2, 0) is 9.53 Å². The number of ether oxygens (including phenoxy) is 1. The number of hydrogen-bond acceptors (Lipinski definition) is 7. The zero-order valence-corrected chi connectivity index (χ0v) is 10.1. The smallest absolute Gasteiger partial charge is 0.339 e. The van der Waals surface area contributed by atoms with Crippen molar-refractivity contribution in [2.75, 3.05) is 12.3 Å². The fraction of sp³-hybridized carbons (Fsp3) is 0.364. The van der Waals surface area contributed by atoms with Crippen LogP contribution in [0.25, 0.3) is 0 Å². The van der Waals surface area contributed by atoms with Gasteiger partial charge in [-0.05, 0) is 13.0 Å². The first-order valence-electron chi connectivity index (χ1n) is 5.40. The first-order chi connectivity index (χ1) is 8.88. The third-order valence-corrected chi connectivity index (χ3v) is 2.34. The SMILES string of the molecule is CCOC(=O)C(O)C(O)c1cnc(N)c(C(=O)O)c1. The van der Waals surface area contributed by atoms with Gasteiger partial charge in [-0.2, -0.15) is 0 Å². The second-order valence-corrected chi connectivity index (χ2v) is 3.65. The summed E-state index contributed by atoms with van der Waals surface area (Å²) in [4.78, 5) is 25.7. The number of nitrogens with zero attached hydrogens (tertiary/aromatic N) is 1. The summed E-state index contributed by atoms with van der Waals surface area (Å²) < 4.78 is 4.54. The van der Waals surface area contributed by atoms with E-state index in [4.69, 9.17) is 10.8 Å². The van der Waals surface area contributed by atoms with Gasteiger partial charge in [-0.15, -0.1) is 0 Å². The van der Waals surface area contributed by atoms with Crippen LogP contribution in [-0.4, -0.2) is 45.0 Å². The number of anilines is 1. The average Bonchev–Trinajstić information content (AvgIpc) is 2.37. The number of nitrogens with two attached hydrogens (primary N) is 1. The molecule has 0 aromatic carbocycles. The highest BCUT2D eigenvalue weighted by Crippen LogP contribution is 2.20. The van der Waals surface area contributed by atoms with Crippen LogP contribution in [0.3, 0.4) is 0 Å². The Balaban J connectivity index is 3.00. The summed E-state index contributed by atoms with van der Waals surface area (Å²) in [6.07, 6.45) is -2.40. The van der Waals surface area contributed by atoms with Crippen molar-refractivity contribution in [2.24, 2.45) is 0 Å². The summed E-state index contributed by atoms with van der Waals surface area (Å²) in [5.74, 6) is -2.57. The number of aliphatic hydroxyl groups excluding tert-OH is 2. The minimum absolute atomic E-state index is 0.0446. The Morgan fingerprint density at radius 3 is 2.63 bits per heavy atom. The Hall–Kier alpha value is -2.19. The van der Waals surface area contributed by atoms with Crippen molar-refractivity contribution in [1.29, 1.82) is 0 Å². The molecular weight excluding hydrogens is 256 g/mol. The van der Waals surface area contributed by atoms with Gasteiger partial charge < -0.3 is 25.8 Å². The zero-order chi connectivity index (χ0) is 14.6. The second-order valence-electron chi connectivity index (χ2n) is 3.65. The molecule has 1 aromatic heterocycles. The van der Waals surface area contributed by atoms with Gasteiger partial charge in [0.05, 0.1) is 6.61 Å². The highest BCUT2D eigenvalue weighted by Gasteiger charge is 2.28. The Bertz CT molecular complexity index is 490. The molecule has 0 aliphatic carbocycles. The minimum atomic E-state index is -1.83. The maximum atomic E-state index is 11.2. The number of aromatic nitrogens is 1. The molecule has 2 unspecified atom stereocenters.